The van der Waals surface area contributed by atoms with Gasteiger partial charge in [0.1, 0.15) is 22.3 Å². The fraction of sp³-hybridized carbons (Fsp3) is 0. The van der Waals surface area contributed by atoms with Crippen LogP contribution in [0, 0.1) is 0 Å². The van der Waals surface area contributed by atoms with E-state index in [1.807, 2.05) is 73.1 Å². The first-order chi connectivity index (χ1) is 27.8. The summed E-state index contributed by atoms with van der Waals surface area (Å²) >= 11 is 0. The van der Waals surface area contributed by atoms with E-state index in [-0.39, 0.29) is 0 Å². The first-order valence-corrected chi connectivity index (χ1v) is 18.7. The number of fused-ring (bicyclic) bond motifs is 6. The van der Waals surface area contributed by atoms with Crippen molar-refractivity contribution in [2.45, 2.75) is 0 Å². The third-order valence-corrected chi connectivity index (χ3v) is 10.7. The Morgan fingerprint density at radius 1 is 0.339 bits per heavy atom. The zero-order chi connectivity index (χ0) is 37.0. The molecule has 0 N–H and O–H groups in total. The van der Waals surface area contributed by atoms with Crippen LogP contribution in [-0.4, -0.2) is 15.0 Å². The molecule has 262 valence electrons. The number of rotatable bonds is 6. The lowest BCUT2D eigenvalue weighted by molar-refractivity contribution is 0.668. The van der Waals surface area contributed by atoms with Crippen molar-refractivity contribution < 1.29 is 8.83 Å². The molecule has 0 bridgehead atoms. The molecular weight excluding hydrogens is 687 g/mol. The summed E-state index contributed by atoms with van der Waals surface area (Å²) in [4.78, 5) is 14.5. The molecule has 0 amide bonds. The van der Waals surface area contributed by atoms with E-state index < -0.39 is 0 Å². The lowest BCUT2D eigenvalue weighted by atomic mass is 9.92. The Labute approximate surface area is 322 Å². The van der Waals surface area contributed by atoms with Gasteiger partial charge in [-0.15, -0.1) is 0 Å². The topological polar surface area (TPSA) is 65.0 Å². The largest absolute Gasteiger partial charge is 0.456 e. The van der Waals surface area contributed by atoms with E-state index in [9.17, 15) is 0 Å². The van der Waals surface area contributed by atoms with Crippen LogP contribution >= 0.6 is 0 Å². The Bertz CT molecular complexity index is 3240. The predicted octanol–water partition coefficient (Wildman–Crippen LogP) is 13.7. The number of aromatic nitrogens is 3. The Morgan fingerprint density at radius 3 is 1.73 bits per heavy atom. The normalized spacial score (nSPS) is 11.6. The lowest BCUT2D eigenvalue weighted by Crippen LogP contribution is -1.97. The average molecular weight is 718 g/mol. The summed E-state index contributed by atoms with van der Waals surface area (Å²) < 4.78 is 13.0. The summed E-state index contributed by atoms with van der Waals surface area (Å²) in [5.41, 5.74) is 14.6. The zero-order valence-corrected chi connectivity index (χ0v) is 30.1. The van der Waals surface area contributed by atoms with Crippen molar-refractivity contribution in [1.29, 1.82) is 0 Å². The third-order valence-electron chi connectivity index (χ3n) is 10.7. The van der Waals surface area contributed by atoms with Crippen LogP contribution in [0.4, 0.5) is 0 Å². The molecule has 5 nitrogen and oxygen atoms in total. The van der Waals surface area contributed by atoms with E-state index in [0.29, 0.717) is 5.82 Å². The molecule has 4 aromatic heterocycles. The van der Waals surface area contributed by atoms with Crippen molar-refractivity contribution >= 4 is 43.9 Å². The molecule has 11 aromatic rings. The molecule has 0 atom stereocenters. The van der Waals surface area contributed by atoms with E-state index >= 15 is 0 Å². The first kappa shape index (κ1) is 31.9. The van der Waals surface area contributed by atoms with Crippen LogP contribution < -0.4 is 0 Å². The van der Waals surface area contributed by atoms with E-state index in [2.05, 4.69) is 120 Å². The van der Waals surface area contributed by atoms with Crippen molar-refractivity contribution in [3.63, 3.8) is 0 Å². The van der Waals surface area contributed by atoms with E-state index in [1.54, 1.807) is 0 Å². The highest BCUT2D eigenvalue weighted by atomic mass is 16.3. The Balaban J connectivity index is 1.06. The van der Waals surface area contributed by atoms with Gasteiger partial charge in [0.15, 0.2) is 5.82 Å². The summed E-state index contributed by atoms with van der Waals surface area (Å²) in [5.74, 6) is 0.675. The molecule has 5 heteroatoms. The monoisotopic (exact) mass is 717 g/mol. The molecule has 0 saturated carbocycles. The minimum Gasteiger partial charge on any atom is -0.456 e. The van der Waals surface area contributed by atoms with Gasteiger partial charge in [-0.1, -0.05) is 133 Å². The minimum atomic E-state index is 0.675. The maximum atomic E-state index is 6.73. The number of pyridine rings is 1. The number of hydrogen-bond acceptors (Lipinski definition) is 5. The van der Waals surface area contributed by atoms with Crippen LogP contribution in [0.2, 0.25) is 0 Å². The second-order valence-corrected chi connectivity index (χ2v) is 13.9. The van der Waals surface area contributed by atoms with Crippen molar-refractivity contribution in [2.24, 2.45) is 0 Å². The van der Waals surface area contributed by atoms with Gasteiger partial charge in [0, 0.05) is 56.2 Å². The maximum absolute atomic E-state index is 6.73. The van der Waals surface area contributed by atoms with Crippen molar-refractivity contribution in [3.8, 4) is 67.3 Å². The summed E-state index contributed by atoms with van der Waals surface area (Å²) in [7, 11) is 0. The SMILES string of the molecule is c1ccc(-c2nc(-c3ccc(-c4ccc(-c5cccc6oc7ccccc7c56)c5oc6ccccc6c45)cc3)cc(-c3ccccc3-c3ccncc3)n2)cc1. The fourth-order valence-electron chi connectivity index (χ4n) is 8.04. The fourth-order valence-corrected chi connectivity index (χ4v) is 8.04. The molecule has 0 radical (unpaired) electrons. The third kappa shape index (κ3) is 5.29. The van der Waals surface area contributed by atoms with Gasteiger partial charge in [0.05, 0.1) is 11.4 Å². The summed E-state index contributed by atoms with van der Waals surface area (Å²) in [6, 6.07) is 60.6. The molecule has 0 aliphatic rings. The second kappa shape index (κ2) is 13.0. The molecule has 0 unspecified atom stereocenters. The number of furan rings is 2. The predicted molar refractivity (Wildman–Crippen MR) is 227 cm³/mol. The van der Waals surface area contributed by atoms with Crippen LogP contribution in [0.25, 0.3) is 111 Å². The Kier molecular flexibility index (Phi) is 7.42. The minimum absolute atomic E-state index is 0.675. The number of benzene rings is 7. The van der Waals surface area contributed by atoms with Gasteiger partial charge in [0.2, 0.25) is 0 Å². The van der Waals surface area contributed by atoms with Crippen LogP contribution in [-0.2, 0) is 0 Å². The zero-order valence-electron chi connectivity index (χ0n) is 30.1. The van der Waals surface area contributed by atoms with Crippen molar-refractivity contribution in [3.05, 3.63) is 188 Å². The van der Waals surface area contributed by atoms with Crippen molar-refractivity contribution in [1.82, 2.24) is 15.0 Å². The van der Waals surface area contributed by atoms with Gasteiger partial charge < -0.3 is 8.83 Å². The smallest absolute Gasteiger partial charge is 0.160 e. The molecule has 4 heterocycles. The molecule has 7 aromatic carbocycles. The summed E-state index contributed by atoms with van der Waals surface area (Å²) in [6.07, 6.45) is 3.65. The van der Waals surface area contributed by atoms with Crippen LogP contribution in [0.5, 0.6) is 0 Å². The van der Waals surface area contributed by atoms with E-state index in [4.69, 9.17) is 18.8 Å². The number of hydrogen-bond donors (Lipinski definition) is 0. The molecule has 0 fully saturated rings. The highest BCUT2D eigenvalue weighted by Crippen LogP contribution is 2.45. The van der Waals surface area contributed by atoms with Gasteiger partial charge >= 0.3 is 0 Å². The molecule has 0 spiro atoms. The molecule has 11 rings (SSSR count). The van der Waals surface area contributed by atoms with Gasteiger partial charge in [-0.3, -0.25) is 4.98 Å². The highest BCUT2D eigenvalue weighted by molar-refractivity contribution is 6.20. The van der Waals surface area contributed by atoms with Crippen LogP contribution in [0.1, 0.15) is 0 Å². The van der Waals surface area contributed by atoms with Gasteiger partial charge in [-0.25, -0.2) is 9.97 Å². The van der Waals surface area contributed by atoms with Gasteiger partial charge in [0.25, 0.3) is 0 Å². The van der Waals surface area contributed by atoms with Crippen molar-refractivity contribution in [2.75, 3.05) is 0 Å². The molecule has 0 saturated heterocycles. The lowest BCUT2D eigenvalue weighted by Gasteiger charge is -2.13. The molecule has 56 heavy (non-hydrogen) atoms. The first-order valence-electron chi connectivity index (χ1n) is 18.7. The van der Waals surface area contributed by atoms with Crippen LogP contribution in [0.15, 0.2) is 197 Å². The van der Waals surface area contributed by atoms with Crippen LogP contribution in [0.3, 0.4) is 0 Å². The molecule has 0 aliphatic heterocycles. The summed E-state index contributed by atoms with van der Waals surface area (Å²) in [5, 5.41) is 4.34. The molecule has 0 aliphatic carbocycles. The second-order valence-electron chi connectivity index (χ2n) is 13.9. The summed E-state index contributed by atoms with van der Waals surface area (Å²) in [6.45, 7) is 0. The Morgan fingerprint density at radius 2 is 0.929 bits per heavy atom. The number of para-hydroxylation sites is 2. The maximum Gasteiger partial charge on any atom is 0.160 e. The van der Waals surface area contributed by atoms with E-state index in [1.165, 1.54) is 0 Å². The Hall–Kier alpha value is -7.63. The van der Waals surface area contributed by atoms with Gasteiger partial charge in [-0.05, 0) is 70.3 Å². The molecular formula is C51H31N3O2. The van der Waals surface area contributed by atoms with Gasteiger partial charge in [-0.2, -0.15) is 0 Å². The highest BCUT2D eigenvalue weighted by Gasteiger charge is 2.21. The standard InChI is InChI=1S/C51H31N3O2/c1-2-11-35(12-3-1)51-53-43(31-44(54-51)38-14-5-4-13-36(38)33-27-29-52-30-28-33)34-23-21-32(22-24-34)37-25-26-40(50-49(37)42-16-7-9-19-46(42)56-50)39-17-10-20-47-48(39)41-15-6-8-18-45(41)55-47/h1-31H. The average Bonchev–Trinajstić information content (AvgIpc) is 3.86. The quantitative estimate of drug-likeness (QED) is 0.171. The van der Waals surface area contributed by atoms with E-state index in [0.717, 1.165) is 105 Å². The number of nitrogens with zero attached hydrogens (tertiary/aromatic N) is 3.